The van der Waals surface area contributed by atoms with Crippen LogP contribution in [0.3, 0.4) is 0 Å². The average Bonchev–Trinajstić information content (AvgIpc) is 3.29. The fourth-order valence-corrected chi connectivity index (χ4v) is 3.56. The molecule has 2 fully saturated rings. The van der Waals surface area contributed by atoms with Crippen molar-refractivity contribution in [2.24, 2.45) is 10.9 Å². The lowest BCUT2D eigenvalue weighted by Crippen LogP contribution is -2.39. The molecule has 0 bridgehead atoms. The highest BCUT2D eigenvalue weighted by atomic mass is 16.5. The Bertz CT molecular complexity index is 539. The number of rotatable bonds is 5. The summed E-state index contributed by atoms with van der Waals surface area (Å²) in [5.74, 6) is 2.68. The van der Waals surface area contributed by atoms with Crippen LogP contribution in [0, 0.1) is 5.92 Å². The van der Waals surface area contributed by atoms with Gasteiger partial charge in [0.1, 0.15) is 5.82 Å². The molecule has 3 heterocycles. The number of nitrogens with zero attached hydrogens (tertiary/aromatic N) is 4. The van der Waals surface area contributed by atoms with Crippen LogP contribution in [0.25, 0.3) is 0 Å². The van der Waals surface area contributed by atoms with Crippen LogP contribution in [-0.4, -0.2) is 62.8 Å². The van der Waals surface area contributed by atoms with Gasteiger partial charge in [0.25, 0.3) is 0 Å². The minimum absolute atomic E-state index is 0.606. The molecule has 3 rings (SSSR count). The zero-order valence-corrected chi connectivity index (χ0v) is 14.9. The summed E-state index contributed by atoms with van der Waals surface area (Å²) < 4.78 is 5.27. The summed E-state index contributed by atoms with van der Waals surface area (Å²) in [4.78, 5) is 13.7. The predicted molar refractivity (Wildman–Crippen MR) is 97.4 cm³/mol. The van der Waals surface area contributed by atoms with Crippen molar-refractivity contribution in [2.75, 3.05) is 51.8 Å². The number of guanidine groups is 1. The second kappa shape index (κ2) is 8.33. The highest BCUT2D eigenvalue weighted by Gasteiger charge is 2.24. The second-order valence-corrected chi connectivity index (χ2v) is 6.68. The van der Waals surface area contributed by atoms with E-state index >= 15 is 0 Å². The summed E-state index contributed by atoms with van der Waals surface area (Å²) in [7, 11) is 3.62. The van der Waals surface area contributed by atoms with E-state index in [4.69, 9.17) is 4.74 Å². The van der Waals surface area contributed by atoms with E-state index < -0.39 is 0 Å². The molecule has 1 aromatic heterocycles. The molecule has 6 nitrogen and oxygen atoms in total. The maximum absolute atomic E-state index is 5.27. The van der Waals surface area contributed by atoms with Crippen molar-refractivity contribution in [3.05, 3.63) is 23.9 Å². The van der Waals surface area contributed by atoms with Crippen molar-refractivity contribution in [1.29, 1.82) is 0 Å². The first-order chi connectivity index (χ1) is 11.8. The Labute approximate surface area is 144 Å². The fraction of sp³-hybridized carbons (Fsp3) is 0.667. The van der Waals surface area contributed by atoms with Crippen LogP contribution in [0.4, 0.5) is 5.82 Å². The number of anilines is 1. The van der Waals surface area contributed by atoms with Crippen molar-refractivity contribution in [3.63, 3.8) is 0 Å². The number of hydrogen-bond donors (Lipinski definition) is 1. The summed E-state index contributed by atoms with van der Waals surface area (Å²) in [6.07, 6.45) is 5.70. The molecule has 132 valence electrons. The SMILES string of the molecule is CN=C(NCc1ccc(N2CCCC2)nc1)N1CCC(COC)C1. The topological polar surface area (TPSA) is 53.0 Å². The Kier molecular flexibility index (Phi) is 5.91. The van der Waals surface area contributed by atoms with Crippen LogP contribution in [0.1, 0.15) is 24.8 Å². The third kappa shape index (κ3) is 4.17. The van der Waals surface area contributed by atoms with Gasteiger partial charge in [0.05, 0.1) is 6.61 Å². The first-order valence-electron chi connectivity index (χ1n) is 8.94. The Balaban J connectivity index is 1.50. The number of pyridine rings is 1. The van der Waals surface area contributed by atoms with Gasteiger partial charge in [-0.15, -0.1) is 0 Å². The molecule has 0 saturated carbocycles. The van der Waals surface area contributed by atoms with Crippen molar-refractivity contribution in [3.8, 4) is 0 Å². The monoisotopic (exact) mass is 331 g/mol. The van der Waals surface area contributed by atoms with Crippen LogP contribution < -0.4 is 10.2 Å². The maximum Gasteiger partial charge on any atom is 0.193 e. The molecule has 24 heavy (non-hydrogen) atoms. The van der Waals surface area contributed by atoms with Gasteiger partial charge >= 0.3 is 0 Å². The maximum atomic E-state index is 5.27. The van der Waals surface area contributed by atoms with Gasteiger partial charge in [0.2, 0.25) is 0 Å². The predicted octanol–water partition coefficient (Wildman–Crippen LogP) is 1.73. The van der Waals surface area contributed by atoms with E-state index in [0.717, 1.165) is 51.1 Å². The van der Waals surface area contributed by atoms with E-state index in [-0.39, 0.29) is 0 Å². The molecule has 2 aliphatic rings. The van der Waals surface area contributed by atoms with E-state index in [2.05, 4.69) is 37.2 Å². The minimum Gasteiger partial charge on any atom is -0.384 e. The van der Waals surface area contributed by atoms with Crippen LogP contribution in [0.5, 0.6) is 0 Å². The van der Waals surface area contributed by atoms with E-state index in [1.807, 2.05) is 13.2 Å². The summed E-state index contributed by atoms with van der Waals surface area (Å²) in [6.45, 7) is 5.91. The third-order valence-electron chi connectivity index (χ3n) is 4.89. The number of ether oxygens (including phenoxy) is 1. The lowest BCUT2D eigenvalue weighted by atomic mass is 10.1. The molecule has 6 heteroatoms. The lowest BCUT2D eigenvalue weighted by molar-refractivity contribution is 0.157. The van der Waals surface area contributed by atoms with E-state index in [1.54, 1.807) is 7.11 Å². The fourth-order valence-electron chi connectivity index (χ4n) is 3.56. The van der Waals surface area contributed by atoms with Gasteiger partial charge < -0.3 is 19.9 Å². The molecule has 1 aromatic rings. The molecule has 0 aliphatic carbocycles. The number of aromatic nitrogens is 1. The van der Waals surface area contributed by atoms with E-state index in [9.17, 15) is 0 Å². The molecule has 1 unspecified atom stereocenters. The zero-order chi connectivity index (χ0) is 16.8. The quantitative estimate of drug-likeness (QED) is 0.658. The molecule has 0 aromatic carbocycles. The largest absolute Gasteiger partial charge is 0.384 e. The molecule has 0 spiro atoms. The molecular weight excluding hydrogens is 302 g/mol. The number of hydrogen-bond acceptors (Lipinski definition) is 4. The Morgan fingerprint density at radius 1 is 1.33 bits per heavy atom. The standard InChI is InChI=1S/C18H29N5O/c1-19-18(23-10-7-16(13-23)14-24-2)21-12-15-5-6-17(20-11-15)22-8-3-4-9-22/h5-6,11,16H,3-4,7-10,12-14H2,1-2H3,(H,19,21). The molecule has 0 amide bonds. The molecule has 2 saturated heterocycles. The summed E-state index contributed by atoms with van der Waals surface area (Å²) >= 11 is 0. The molecule has 1 N–H and O–H groups in total. The highest BCUT2D eigenvalue weighted by Crippen LogP contribution is 2.18. The van der Waals surface area contributed by atoms with Gasteiger partial charge in [-0.25, -0.2) is 4.98 Å². The van der Waals surface area contributed by atoms with Gasteiger partial charge in [0, 0.05) is 59.0 Å². The van der Waals surface area contributed by atoms with Gasteiger partial charge in [-0.3, -0.25) is 4.99 Å². The summed E-state index contributed by atoms with van der Waals surface area (Å²) in [6, 6.07) is 4.30. The first-order valence-corrected chi connectivity index (χ1v) is 8.94. The normalized spacial score (nSPS) is 21.6. The molecule has 0 radical (unpaired) electrons. The van der Waals surface area contributed by atoms with E-state index in [1.165, 1.54) is 24.8 Å². The molecular formula is C18H29N5O. The van der Waals surface area contributed by atoms with Crippen LogP contribution in [-0.2, 0) is 11.3 Å². The lowest BCUT2D eigenvalue weighted by Gasteiger charge is -2.22. The first kappa shape index (κ1) is 17.0. The van der Waals surface area contributed by atoms with Gasteiger partial charge in [-0.1, -0.05) is 6.07 Å². The van der Waals surface area contributed by atoms with Gasteiger partial charge in [0.15, 0.2) is 5.96 Å². The van der Waals surface area contributed by atoms with Crippen LogP contribution in [0.2, 0.25) is 0 Å². The van der Waals surface area contributed by atoms with Crippen molar-refractivity contribution in [2.45, 2.75) is 25.8 Å². The minimum atomic E-state index is 0.606. The Morgan fingerprint density at radius 3 is 2.83 bits per heavy atom. The van der Waals surface area contributed by atoms with Crippen molar-refractivity contribution >= 4 is 11.8 Å². The van der Waals surface area contributed by atoms with Gasteiger partial charge in [-0.05, 0) is 30.9 Å². The average molecular weight is 331 g/mol. The Morgan fingerprint density at radius 2 is 2.17 bits per heavy atom. The smallest absolute Gasteiger partial charge is 0.193 e. The molecule has 1 atom stereocenters. The Hall–Kier alpha value is -1.82. The number of aliphatic imine (C=N–C) groups is 1. The van der Waals surface area contributed by atoms with Crippen LogP contribution in [0.15, 0.2) is 23.3 Å². The molecule has 2 aliphatic heterocycles. The number of nitrogens with one attached hydrogen (secondary N) is 1. The van der Waals surface area contributed by atoms with Crippen molar-refractivity contribution in [1.82, 2.24) is 15.2 Å². The highest BCUT2D eigenvalue weighted by molar-refractivity contribution is 5.80. The second-order valence-electron chi connectivity index (χ2n) is 6.68. The zero-order valence-electron chi connectivity index (χ0n) is 14.9. The summed E-state index contributed by atoms with van der Waals surface area (Å²) in [5, 5.41) is 3.46. The van der Waals surface area contributed by atoms with Gasteiger partial charge in [-0.2, -0.15) is 0 Å². The number of likely N-dealkylation sites (tertiary alicyclic amines) is 1. The summed E-state index contributed by atoms with van der Waals surface area (Å²) in [5.41, 5.74) is 1.19. The number of methoxy groups -OCH3 is 1. The van der Waals surface area contributed by atoms with E-state index in [0.29, 0.717) is 5.92 Å². The van der Waals surface area contributed by atoms with Crippen LogP contribution >= 0.6 is 0 Å². The third-order valence-corrected chi connectivity index (χ3v) is 4.89. The van der Waals surface area contributed by atoms with Crippen molar-refractivity contribution < 1.29 is 4.74 Å².